The number of carbonyl (C=O) groups excluding carboxylic acids is 2. The lowest BCUT2D eigenvalue weighted by atomic mass is 9.86. The molecule has 0 unspecified atom stereocenters. The van der Waals surface area contributed by atoms with Crippen LogP contribution in [0.2, 0.25) is 0 Å². The zero-order chi connectivity index (χ0) is 30.0. The second kappa shape index (κ2) is 10.5. The monoisotopic (exact) mass is 628 g/mol. The van der Waals surface area contributed by atoms with Crippen molar-refractivity contribution in [3.8, 4) is 0 Å². The maximum atomic E-state index is 13.5. The second-order valence-electron chi connectivity index (χ2n) is 11.3. The van der Waals surface area contributed by atoms with E-state index in [-0.39, 0.29) is 36.4 Å². The minimum atomic E-state index is -0.274. The van der Waals surface area contributed by atoms with E-state index in [1.807, 2.05) is 26.0 Å². The number of methoxy groups -OCH3 is 1. The van der Waals surface area contributed by atoms with Gasteiger partial charge < -0.3 is 15.2 Å². The molecular weight excluding hydrogens is 596 g/mol. The number of aliphatic hydroxyl groups excluding tert-OH is 1. The number of ether oxygens (including phenoxy) is 1. The van der Waals surface area contributed by atoms with Crippen LogP contribution in [0, 0.1) is 11.8 Å². The minimum Gasteiger partial charge on any atom is -0.515 e. The van der Waals surface area contributed by atoms with Crippen molar-refractivity contribution in [2.75, 3.05) is 7.11 Å². The molecule has 6 aliphatic rings. The van der Waals surface area contributed by atoms with E-state index in [4.69, 9.17) is 19.7 Å². The molecule has 1 aliphatic carbocycles. The second-order valence-corrected chi connectivity index (χ2v) is 12.1. The number of aliphatic imine (C=N–C) groups is 3. The lowest BCUT2D eigenvalue weighted by molar-refractivity contribution is -0.140. The summed E-state index contributed by atoms with van der Waals surface area (Å²) >= 11 is 3.85. The number of aliphatic hydroxyl groups is 1. The summed E-state index contributed by atoms with van der Waals surface area (Å²) in [5.74, 6) is -0.321. The third kappa shape index (κ3) is 4.20. The zero-order valence-corrected chi connectivity index (χ0v) is 26.2. The summed E-state index contributed by atoms with van der Waals surface area (Å²) in [7, 11) is 1.40. The Morgan fingerprint density at radius 2 is 1.81 bits per heavy atom. The van der Waals surface area contributed by atoms with Gasteiger partial charge in [-0.25, -0.2) is 15.0 Å². The number of halogens is 1. The number of esters is 1. The molecule has 0 aromatic heterocycles. The Bertz CT molecular complexity index is 1740. The average Bonchev–Trinajstić information content (AvgIpc) is 3.72. The Balaban J connectivity index is 1.64. The maximum absolute atomic E-state index is 13.5. The van der Waals surface area contributed by atoms with Gasteiger partial charge in [0.15, 0.2) is 5.78 Å². The molecular formula is C33H33BrN4O4. The number of hydrogen-bond acceptors (Lipinski definition) is 8. The molecule has 9 heteroatoms. The summed E-state index contributed by atoms with van der Waals surface area (Å²) in [4.78, 5) is 40.6. The molecule has 8 bridgehead atoms. The van der Waals surface area contributed by atoms with Crippen molar-refractivity contribution in [3.05, 3.63) is 90.4 Å². The number of carbonyl (C=O) groups is 2. The summed E-state index contributed by atoms with van der Waals surface area (Å²) in [5, 5.41) is 13.9. The fraction of sp³-hybridized carbons (Fsp3) is 0.364. The average molecular weight is 630 g/mol. The van der Waals surface area contributed by atoms with Crippen molar-refractivity contribution in [1.82, 2.24) is 5.32 Å². The van der Waals surface area contributed by atoms with Gasteiger partial charge in [-0.3, -0.25) is 9.59 Å². The molecule has 2 fully saturated rings. The van der Waals surface area contributed by atoms with Crippen molar-refractivity contribution in [1.29, 1.82) is 0 Å². The molecule has 0 aromatic rings. The molecule has 0 amide bonds. The summed E-state index contributed by atoms with van der Waals surface area (Å²) in [5.41, 5.74) is 12.2. The van der Waals surface area contributed by atoms with E-state index in [9.17, 15) is 14.7 Å². The van der Waals surface area contributed by atoms with Crippen LogP contribution in [0.15, 0.2) is 105 Å². The third-order valence-electron chi connectivity index (χ3n) is 9.17. The first kappa shape index (κ1) is 28.3. The molecule has 1 saturated carbocycles. The lowest BCUT2D eigenvalue weighted by Crippen LogP contribution is -2.15. The molecule has 2 N–H and O–H groups in total. The van der Waals surface area contributed by atoms with Crippen LogP contribution < -0.4 is 5.32 Å². The largest absolute Gasteiger partial charge is 0.515 e. The Morgan fingerprint density at radius 3 is 2.50 bits per heavy atom. The quantitative estimate of drug-likeness (QED) is 0.271. The van der Waals surface area contributed by atoms with Gasteiger partial charge in [-0.1, -0.05) is 13.8 Å². The minimum absolute atomic E-state index is 0.0261. The van der Waals surface area contributed by atoms with Gasteiger partial charge in [0.1, 0.15) is 0 Å². The number of allylic oxidation sites excluding steroid dienone is 12. The first-order valence-corrected chi connectivity index (χ1v) is 15.1. The number of fused-ring (bicyclic) bond motifs is 5. The molecule has 0 spiro atoms. The predicted octanol–water partition coefficient (Wildman–Crippen LogP) is 6.53. The standard InChI is InChI=1S/C33H33BrN4O4/c1-7-18-14(2)22-11-25-21(13-39)16(4)30(37-25)29(34)31-15(3)19(8-9-27(41)42-6)32(38-31)20-10-26(40)28-17(5)23(36-33(20)28)12-24(18)35-22/h11-13,15,19,38-39H,7-10H2,1-6H3/b21-13+,22-11?,23-12?,31-29?,32-20?/t15-,19-/m0/s1. The summed E-state index contributed by atoms with van der Waals surface area (Å²) < 4.78 is 5.73. The van der Waals surface area contributed by atoms with Gasteiger partial charge in [0.2, 0.25) is 0 Å². The number of rotatable bonds is 4. The smallest absolute Gasteiger partial charge is 0.305 e. The number of Topliss-reactive ketones (excluding diaryl/α,β-unsaturated/α-hetero) is 1. The van der Waals surface area contributed by atoms with Gasteiger partial charge >= 0.3 is 5.97 Å². The Kier molecular flexibility index (Phi) is 7.04. The predicted molar refractivity (Wildman–Crippen MR) is 167 cm³/mol. The van der Waals surface area contributed by atoms with Crippen molar-refractivity contribution >= 4 is 44.8 Å². The molecule has 42 heavy (non-hydrogen) atoms. The SMILES string of the molecule is CCC1=C(C)C2=CC3=NC(=C(C)/C3=C\O)C(Br)=C3NC(=C4CC(=O)C5=C(C)C(=CC1=N2)N=C45)[C@@H](CCC(=O)OC)[C@@H]3C. The Morgan fingerprint density at radius 1 is 1.10 bits per heavy atom. The highest BCUT2D eigenvalue weighted by Gasteiger charge is 2.43. The summed E-state index contributed by atoms with van der Waals surface area (Å²) in [6, 6.07) is 0. The Hall–Kier alpha value is -3.85. The van der Waals surface area contributed by atoms with Gasteiger partial charge in [0.05, 0.1) is 52.1 Å². The molecule has 8 nitrogen and oxygen atoms in total. The van der Waals surface area contributed by atoms with Crippen LogP contribution in [0.5, 0.6) is 0 Å². The van der Waals surface area contributed by atoms with Crippen LogP contribution >= 0.6 is 15.9 Å². The van der Waals surface area contributed by atoms with Crippen LogP contribution in [0.25, 0.3) is 0 Å². The number of nitrogens with one attached hydrogen (secondary N) is 1. The van der Waals surface area contributed by atoms with Gasteiger partial charge in [0.25, 0.3) is 0 Å². The first-order chi connectivity index (χ1) is 20.1. The number of nitrogens with zero attached hydrogens (tertiary/aromatic N) is 3. The number of ketones is 1. The highest BCUT2D eigenvalue weighted by atomic mass is 79.9. The normalized spacial score (nSPS) is 25.9. The molecule has 5 heterocycles. The van der Waals surface area contributed by atoms with E-state index in [0.717, 1.165) is 73.5 Å². The fourth-order valence-corrected chi connectivity index (χ4v) is 7.59. The van der Waals surface area contributed by atoms with Gasteiger partial charge in [0, 0.05) is 52.8 Å². The molecule has 2 atom stereocenters. The van der Waals surface area contributed by atoms with E-state index in [1.54, 1.807) is 0 Å². The van der Waals surface area contributed by atoms with Crippen LogP contribution in [0.1, 0.15) is 60.3 Å². The Labute approximate surface area is 253 Å². The van der Waals surface area contributed by atoms with Gasteiger partial charge in [-0.15, -0.1) is 0 Å². The molecule has 5 aliphatic heterocycles. The zero-order valence-electron chi connectivity index (χ0n) is 24.6. The fourth-order valence-electron chi connectivity index (χ4n) is 6.74. The van der Waals surface area contributed by atoms with Gasteiger partial charge in [-0.2, -0.15) is 0 Å². The van der Waals surface area contributed by atoms with E-state index < -0.39 is 0 Å². The molecule has 0 radical (unpaired) electrons. The van der Waals surface area contributed by atoms with E-state index in [1.165, 1.54) is 7.11 Å². The van der Waals surface area contributed by atoms with E-state index in [2.05, 4.69) is 42.0 Å². The number of hydrogen-bond donors (Lipinski definition) is 2. The van der Waals surface area contributed by atoms with Crippen LogP contribution in [0.4, 0.5) is 0 Å². The lowest BCUT2D eigenvalue weighted by Gasteiger charge is -2.17. The molecule has 0 aromatic carbocycles. The highest BCUT2D eigenvalue weighted by Crippen LogP contribution is 2.47. The van der Waals surface area contributed by atoms with Crippen molar-refractivity contribution < 1.29 is 19.4 Å². The topological polar surface area (TPSA) is 113 Å². The van der Waals surface area contributed by atoms with Crippen LogP contribution in [-0.4, -0.2) is 41.1 Å². The van der Waals surface area contributed by atoms with Gasteiger partial charge in [-0.05, 0) is 84.0 Å². The van der Waals surface area contributed by atoms with Crippen molar-refractivity contribution in [2.45, 2.75) is 60.3 Å². The summed E-state index contributed by atoms with van der Waals surface area (Å²) in [6.07, 6.45) is 6.84. The molecule has 1 saturated heterocycles. The maximum Gasteiger partial charge on any atom is 0.305 e. The third-order valence-corrected chi connectivity index (χ3v) is 9.97. The summed E-state index contributed by atoms with van der Waals surface area (Å²) in [6.45, 7) is 10.2. The van der Waals surface area contributed by atoms with Crippen LogP contribution in [0.3, 0.4) is 0 Å². The molecule has 216 valence electrons. The van der Waals surface area contributed by atoms with E-state index >= 15 is 0 Å². The first-order valence-electron chi connectivity index (χ1n) is 14.3. The van der Waals surface area contributed by atoms with Crippen LogP contribution in [-0.2, 0) is 14.3 Å². The van der Waals surface area contributed by atoms with E-state index in [0.29, 0.717) is 34.7 Å². The van der Waals surface area contributed by atoms with Crippen molar-refractivity contribution in [2.24, 2.45) is 26.8 Å². The van der Waals surface area contributed by atoms with Crippen molar-refractivity contribution in [3.63, 3.8) is 0 Å². The molecule has 6 rings (SSSR count). The highest BCUT2D eigenvalue weighted by molar-refractivity contribution is 9.12.